The van der Waals surface area contributed by atoms with E-state index >= 15 is 0 Å². The minimum absolute atomic E-state index is 0.0250. The van der Waals surface area contributed by atoms with Gasteiger partial charge >= 0.3 is 0 Å². The van der Waals surface area contributed by atoms with E-state index in [-0.39, 0.29) is 23.7 Å². The molecule has 6 nitrogen and oxygen atoms in total. The van der Waals surface area contributed by atoms with Gasteiger partial charge in [-0.05, 0) is 0 Å². The Kier molecular flexibility index (Phi) is 5.40. The van der Waals surface area contributed by atoms with E-state index in [0.29, 0.717) is 17.7 Å². The number of aliphatic hydroxyl groups excluding tert-OH is 2. The maximum atomic E-state index is 12.3. The van der Waals surface area contributed by atoms with Gasteiger partial charge in [-0.1, -0.05) is 24.3 Å². The molecule has 1 saturated heterocycles. The van der Waals surface area contributed by atoms with E-state index in [1.54, 1.807) is 24.3 Å². The van der Waals surface area contributed by atoms with Crippen LogP contribution in [0.3, 0.4) is 0 Å². The molecule has 1 aromatic rings. The maximum Gasteiger partial charge on any atom is 0.199 e. The lowest BCUT2D eigenvalue weighted by atomic mass is 10.1. The fourth-order valence-electron chi connectivity index (χ4n) is 3.14. The average molecular weight is 329 g/mol. The van der Waals surface area contributed by atoms with Crippen molar-refractivity contribution in [1.82, 2.24) is 9.80 Å². The molecule has 0 saturated carbocycles. The molecule has 0 bridgehead atoms. The SMILES string of the molecule is O=C1C(C=NCCN2CCN(CCO)CC2)=C(O)c2ccccc21. The van der Waals surface area contributed by atoms with Crippen LogP contribution in [0.1, 0.15) is 15.9 Å². The number of nitrogens with zero attached hydrogens (tertiary/aromatic N) is 3. The number of rotatable bonds is 6. The zero-order chi connectivity index (χ0) is 16.9. The Morgan fingerprint density at radius 3 is 2.29 bits per heavy atom. The predicted molar refractivity (Wildman–Crippen MR) is 93.6 cm³/mol. The smallest absolute Gasteiger partial charge is 0.199 e. The van der Waals surface area contributed by atoms with Crippen LogP contribution in [0.15, 0.2) is 34.8 Å². The van der Waals surface area contributed by atoms with E-state index in [2.05, 4.69) is 14.8 Å². The largest absolute Gasteiger partial charge is 0.506 e. The fraction of sp³-hybridized carbons (Fsp3) is 0.444. The Labute approximate surface area is 141 Å². The molecule has 1 heterocycles. The highest BCUT2D eigenvalue weighted by Gasteiger charge is 2.27. The van der Waals surface area contributed by atoms with E-state index < -0.39 is 0 Å². The van der Waals surface area contributed by atoms with Crippen molar-refractivity contribution in [2.75, 3.05) is 52.4 Å². The van der Waals surface area contributed by atoms with Gasteiger partial charge < -0.3 is 10.2 Å². The van der Waals surface area contributed by atoms with Crippen LogP contribution < -0.4 is 0 Å². The Balaban J connectivity index is 1.50. The second-order valence-corrected chi connectivity index (χ2v) is 6.08. The number of hydrogen-bond donors (Lipinski definition) is 2. The third-order valence-electron chi connectivity index (χ3n) is 4.57. The third-order valence-corrected chi connectivity index (χ3v) is 4.57. The minimum Gasteiger partial charge on any atom is -0.506 e. The monoisotopic (exact) mass is 329 g/mol. The van der Waals surface area contributed by atoms with Gasteiger partial charge in [0.1, 0.15) is 5.76 Å². The van der Waals surface area contributed by atoms with Crippen molar-refractivity contribution in [2.45, 2.75) is 0 Å². The molecule has 0 unspecified atom stereocenters. The number of fused-ring (bicyclic) bond motifs is 1. The number of carbonyl (C=O) groups excluding carboxylic acids is 1. The summed E-state index contributed by atoms with van der Waals surface area (Å²) in [4.78, 5) is 21.2. The predicted octanol–water partition coefficient (Wildman–Crippen LogP) is 0.833. The number of Topliss-reactive ketones (excluding diaryl/α,β-unsaturated/α-hetero) is 1. The Hall–Kier alpha value is -2.02. The maximum absolute atomic E-state index is 12.3. The van der Waals surface area contributed by atoms with E-state index in [4.69, 9.17) is 5.11 Å². The van der Waals surface area contributed by atoms with Gasteiger partial charge in [0, 0.05) is 56.6 Å². The number of hydrogen-bond acceptors (Lipinski definition) is 6. The standard InChI is InChI=1S/C18H23N3O3/c22-12-11-21-9-7-20(8-10-21)6-5-19-13-16-17(23)14-3-1-2-4-15(14)18(16)24/h1-4,13,22-23H,5-12H2. The number of piperazine rings is 1. The summed E-state index contributed by atoms with van der Waals surface area (Å²) in [6.45, 7) is 6.23. The van der Waals surface area contributed by atoms with Gasteiger partial charge in [0.2, 0.25) is 0 Å². The summed E-state index contributed by atoms with van der Waals surface area (Å²) in [5, 5.41) is 19.1. The van der Waals surface area contributed by atoms with Crippen molar-refractivity contribution in [3.05, 3.63) is 41.0 Å². The molecule has 2 aliphatic rings. The molecule has 1 fully saturated rings. The minimum atomic E-state index is -0.163. The van der Waals surface area contributed by atoms with Gasteiger partial charge in [-0.3, -0.25) is 19.6 Å². The molecule has 128 valence electrons. The summed E-state index contributed by atoms with van der Waals surface area (Å²) >= 11 is 0. The first-order valence-electron chi connectivity index (χ1n) is 8.33. The van der Waals surface area contributed by atoms with Crippen LogP contribution in [0, 0.1) is 0 Å². The van der Waals surface area contributed by atoms with E-state index in [0.717, 1.165) is 39.3 Å². The number of β-amino-alcohol motifs (C(OH)–C–C–N with tert-alkyl or cyclic N) is 1. The van der Waals surface area contributed by atoms with Crippen molar-refractivity contribution in [1.29, 1.82) is 0 Å². The first-order valence-corrected chi connectivity index (χ1v) is 8.33. The average Bonchev–Trinajstić information content (AvgIpc) is 2.85. The molecule has 0 aromatic heterocycles. The summed E-state index contributed by atoms with van der Waals surface area (Å²) in [5.41, 5.74) is 1.41. The summed E-state index contributed by atoms with van der Waals surface area (Å²) in [6, 6.07) is 7.06. The molecule has 3 rings (SSSR count). The molecule has 0 spiro atoms. The van der Waals surface area contributed by atoms with E-state index in [9.17, 15) is 9.90 Å². The van der Waals surface area contributed by atoms with Crippen LogP contribution >= 0.6 is 0 Å². The number of allylic oxidation sites excluding steroid dienone is 1. The van der Waals surface area contributed by atoms with Crippen molar-refractivity contribution in [3.63, 3.8) is 0 Å². The van der Waals surface area contributed by atoms with Crippen LogP contribution in [0.4, 0.5) is 0 Å². The zero-order valence-electron chi connectivity index (χ0n) is 13.7. The Morgan fingerprint density at radius 2 is 1.67 bits per heavy atom. The summed E-state index contributed by atoms with van der Waals surface area (Å²) in [7, 11) is 0. The highest BCUT2D eigenvalue weighted by atomic mass is 16.3. The van der Waals surface area contributed by atoms with Gasteiger partial charge in [-0.15, -0.1) is 0 Å². The molecular formula is C18H23N3O3. The third kappa shape index (κ3) is 3.56. The van der Waals surface area contributed by atoms with E-state index in [1.807, 2.05) is 0 Å². The Bertz CT molecular complexity index is 661. The van der Waals surface area contributed by atoms with Gasteiger partial charge in [-0.25, -0.2) is 0 Å². The Morgan fingerprint density at radius 1 is 1.04 bits per heavy atom. The van der Waals surface area contributed by atoms with Crippen molar-refractivity contribution in [2.24, 2.45) is 4.99 Å². The van der Waals surface area contributed by atoms with Gasteiger partial charge in [0.25, 0.3) is 0 Å². The number of aliphatic imine (C=N–C) groups is 1. The molecule has 0 radical (unpaired) electrons. The van der Waals surface area contributed by atoms with Crippen LogP contribution in [-0.4, -0.2) is 84.4 Å². The highest BCUT2D eigenvalue weighted by molar-refractivity contribution is 6.30. The lowest BCUT2D eigenvalue weighted by Gasteiger charge is -2.33. The van der Waals surface area contributed by atoms with Crippen molar-refractivity contribution in [3.8, 4) is 0 Å². The molecule has 2 N–H and O–H groups in total. The summed E-state index contributed by atoms with van der Waals surface area (Å²) in [6.07, 6.45) is 1.50. The summed E-state index contributed by atoms with van der Waals surface area (Å²) < 4.78 is 0. The number of aliphatic hydroxyl groups is 2. The zero-order valence-corrected chi connectivity index (χ0v) is 13.7. The molecule has 1 aliphatic heterocycles. The van der Waals surface area contributed by atoms with Crippen LogP contribution in [0.5, 0.6) is 0 Å². The topological polar surface area (TPSA) is 76.4 Å². The van der Waals surface area contributed by atoms with Crippen molar-refractivity contribution < 1.29 is 15.0 Å². The lowest BCUT2D eigenvalue weighted by molar-refractivity contribution is 0.104. The normalized spacial score (nSPS) is 19.5. The van der Waals surface area contributed by atoms with Gasteiger partial charge in [0.15, 0.2) is 5.78 Å². The van der Waals surface area contributed by atoms with Gasteiger partial charge in [-0.2, -0.15) is 0 Å². The van der Waals surface area contributed by atoms with Gasteiger partial charge in [0.05, 0.1) is 18.7 Å². The first-order chi connectivity index (χ1) is 11.7. The molecule has 1 aliphatic carbocycles. The molecular weight excluding hydrogens is 306 g/mol. The van der Waals surface area contributed by atoms with Crippen LogP contribution in [0.2, 0.25) is 0 Å². The second kappa shape index (κ2) is 7.70. The lowest BCUT2D eigenvalue weighted by Crippen LogP contribution is -2.47. The molecule has 0 amide bonds. The van der Waals surface area contributed by atoms with Crippen LogP contribution in [0.25, 0.3) is 5.76 Å². The summed E-state index contributed by atoms with van der Waals surface area (Å²) in [5.74, 6) is -0.138. The molecule has 1 aromatic carbocycles. The second-order valence-electron chi connectivity index (χ2n) is 6.08. The van der Waals surface area contributed by atoms with E-state index in [1.165, 1.54) is 6.21 Å². The number of carbonyl (C=O) groups is 1. The highest BCUT2D eigenvalue weighted by Crippen LogP contribution is 2.29. The molecule has 6 heteroatoms. The fourth-order valence-corrected chi connectivity index (χ4v) is 3.14. The quantitative estimate of drug-likeness (QED) is 0.756. The molecule has 24 heavy (non-hydrogen) atoms. The number of ketones is 1. The molecule has 0 atom stereocenters. The van der Waals surface area contributed by atoms with Crippen molar-refractivity contribution >= 4 is 17.8 Å². The number of benzene rings is 1. The first kappa shape index (κ1) is 16.8. The van der Waals surface area contributed by atoms with Crippen LogP contribution in [-0.2, 0) is 0 Å².